The second-order valence-corrected chi connectivity index (χ2v) is 5.72. The lowest BCUT2D eigenvalue weighted by Crippen LogP contribution is -2.23. The van der Waals surface area contributed by atoms with Gasteiger partial charge < -0.3 is 10.2 Å². The Hall–Kier alpha value is -2.55. The van der Waals surface area contributed by atoms with Crippen molar-refractivity contribution >= 4 is 17.5 Å². The Balaban J connectivity index is 1.92. The zero-order valence-electron chi connectivity index (χ0n) is 12.0. The van der Waals surface area contributed by atoms with Crippen LogP contribution in [0.5, 0.6) is 11.5 Å². The van der Waals surface area contributed by atoms with Gasteiger partial charge in [0.15, 0.2) is 11.5 Å². The highest BCUT2D eigenvalue weighted by atomic mass is 16.3. The summed E-state index contributed by atoms with van der Waals surface area (Å²) in [4.78, 5) is 4.68. The number of benzene rings is 2. The SMILES string of the molecule is CC1(C)C(/C=C/c2ccc(O)c(O)c2)=Nc2ccccc21. The van der Waals surface area contributed by atoms with Gasteiger partial charge in [0.25, 0.3) is 0 Å². The maximum Gasteiger partial charge on any atom is 0.157 e. The Labute approximate surface area is 123 Å². The molecule has 0 radical (unpaired) electrons. The predicted molar refractivity (Wildman–Crippen MR) is 85.4 cm³/mol. The van der Waals surface area contributed by atoms with Gasteiger partial charge in [-0.15, -0.1) is 0 Å². The molecule has 0 fully saturated rings. The predicted octanol–water partition coefficient (Wildman–Crippen LogP) is 4.17. The van der Waals surface area contributed by atoms with Crippen molar-refractivity contribution in [1.82, 2.24) is 0 Å². The van der Waals surface area contributed by atoms with Crippen molar-refractivity contribution in [3.8, 4) is 11.5 Å². The minimum Gasteiger partial charge on any atom is -0.504 e. The standard InChI is InChI=1S/C18H17NO2/c1-18(2)13-5-3-4-6-14(13)19-17(18)10-8-12-7-9-15(20)16(21)11-12/h3-11,20-21H,1-2H3/b10-8+. The summed E-state index contributed by atoms with van der Waals surface area (Å²) in [5.41, 5.74) is 3.90. The molecule has 0 bridgehead atoms. The highest BCUT2D eigenvalue weighted by Crippen LogP contribution is 2.40. The van der Waals surface area contributed by atoms with E-state index in [0.717, 1.165) is 17.0 Å². The van der Waals surface area contributed by atoms with Crippen LogP contribution in [0, 0.1) is 0 Å². The Morgan fingerprint density at radius 1 is 0.952 bits per heavy atom. The molecule has 0 spiro atoms. The van der Waals surface area contributed by atoms with Crippen LogP contribution in [0.15, 0.2) is 53.5 Å². The van der Waals surface area contributed by atoms with Gasteiger partial charge in [0.1, 0.15) is 0 Å². The molecule has 0 saturated carbocycles. The molecule has 0 atom stereocenters. The second kappa shape index (κ2) is 4.77. The molecule has 106 valence electrons. The average molecular weight is 279 g/mol. The molecule has 1 aliphatic rings. The number of nitrogens with zero attached hydrogens (tertiary/aromatic N) is 1. The van der Waals surface area contributed by atoms with Gasteiger partial charge >= 0.3 is 0 Å². The molecule has 1 heterocycles. The Kier molecular flexibility index (Phi) is 3.05. The normalized spacial score (nSPS) is 16.0. The molecule has 2 aromatic carbocycles. The van der Waals surface area contributed by atoms with E-state index in [2.05, 4.69) is 24.9 Å². The van der Waals surface area contributed by atoms with Crippen molar-refractivity contribution in [2.24, 2.45) is 4.99 Å². The fourth-order valence-corrected chi connectivity index (χ4v) is 2.57. The van der Waals surface area contributed by atoms with Crippen LogP contribution in [-0.4, -0.2) is 15.9 Å². The molecule has 2 aromatic rings. The lowest BCUT2D eigenvalue weighted by atomic mass is 9.81. The van der Waals surface area contributed by atoms with E-state index in [1.165, 1.54) is 17.7 Å². The highest BCUT2D eigenvalue weighted by molar-refractivity contribution is 6.10. The first-order valence-corrected chi connectivity index (χ1v) is 6.87. The number of phenols is 2. The number of hydrogen-bond acceptors (Lipinski definition) is 3. The first-order valence-electron chi connectivity index (χ1n) is 6.87. The fraction of sp³-hybridized carbons (Fsp3) is 0.167. The third kappa shape index (κ3) is 2.31. The number of phenolic OH excluding ortho intramolecular Hbond substituents is 2. The molecular formula is C18H17NO2. The van der Waals surface area contributed by atoms with E-state index in [1.54, 1.807) is 6.07 Å². The molecule has 0 amide bonds. The molecule has 2 N–H and O–H groups in total. The number of allylic oxidation sites excluding steroid dienone is 1. The van der Waals surface area contributed by atoms with E-state index in [1.807, 2.05) is 30.4 Å². The largest absolute Gasteiger partial charge is 0.504 e. The van der Waals surface area contributed by atoms with Gasteiger partial charge in [-0.05, 0) is 35.4 Å². The number of aromatic hydroxyl groups is 2. The van der Waals surface area contributed by atoms with Gasteiger partial charge in [-0.2, -0.15) is 0 Å². The number of hydrogen-bond donors (Lipinski definition) is 2. The average Bonchev–Trinajstić information content (AvgIpc) is 2.72. The Morgan fingerprint density at radius 2 is 1.71 bits per heavy atom. The molecule has 0 aromatic heterocycles. The topological polar surface area (TPSA) is 52.8 Å². The minimum atomic E-state index is -0.133. The van der Waals surface area contributed by atoms with Crippen LogP contribution in [0.25, 0.3) is 6.08 Å². The van der Waals surface area contributed by atoms with Crippen molar-refractivity contribution in [1.29, 1.82) is 0 Å². The van der Waals surface area contributed by atoms with Crippen molar-refractivity contribution in [2.45, 2.75) is 19.3 Å². The van der Waals surface area contributed by atoms with Gasteiger partial charge in [0, 0.05) is 5.41 Å². The summed E-state index contributed by atoms with van der Waals surface area (Å²) in [6.45, 7) is 4.30. The molecule has 21 heavy (non-hydrogen) atoms. The summed E-state index contributed by atoms with van der Waals surface area (Å²) < 4.78 is 0. The molecule has 0 aliphatic carbocycles. The number of aliphatic imine (C=N–C) groups is 1. The van der Waals surface area contributed by atoms with Crippen molar-refractivity contribution < 1.29 is 10.2 Å². The third-order valence-electron chi connectivity index (χ3n) is 3.89. The summed E-state index contributed by atoms with van der Waals surface area (Å²) >= 11 is 0. The maximum atomic E-state index is 9.52. The van der Waals surface area contributed by atoms with Crippen LogP contribution >= 0.6 is 0 Å². The molecule has 1 aliphatic heterocycles. The first kappa shape index (κ1) is 13.4. The minimum absolute atomic E-state index is 0.113. The van der Waals surface area contributed by atoms with E-state index in [0.29, 0.717) is 0 Å². The van der Waals surface area contributed by atoms with Gasteiger partial charge in [0.05, 0.1) is 11.4 Å². The lowest BCUT2D eigenvalue weighted by Gasteiger charge is -2.20. The molecule has 3 heteroatoms. The van der Waals surface area contributed by atoms with Gasteiger partial charge in [-0.1, -0.05) is 44.2 Å². The highest BCUT2D eigenvalue weighted by Gasteiger charge is 2.32. The summed E-state index contributed by atoms with van der Waals surface area (Å²) in [6, 6.07) is 12.9. The maximum absolute atomic E-state index is 9.52. The third-order valence-corrected chi connectivity index (χ3v) is 3.89. The lowest BCUT2D eigenvalue weighted by molar-refractivity contribution is 0.403. The number of fused-ring (bicyclic) bond motifs is 1. The summed E-state index contributed by atoms with van der Waals surface area (Å²) in [6.07, 6.45) is 3.86. The van der Waals surface area contributed by atoms with Gasteiger partial charge in [0.2, 0.25) is 0 Å². The quantitative estimate of drug-likeness (QED) is 0.810. The van der Waals surface area contributed by atoms with E-state index >= 15 is 0 Å². The van der Waals surface area contributed by atoms with Crippen LogP contribution < -0.4 is 0 Å². The summed E-state index contributed by atoms with van der Waals surface area (Å²) in [5.74, 6) is -0.230. The first-order chi connectivity index (χ1) is 9.98. The number of rotatable bonds is 2. The Bertz CT molecular complexity index is 758. The van der Waals surface area contributed by atoms with Crippen LogP contribution in [0.3, 0.4) is 0 Å². The molecule has 3 nitrogen and oxygen atoms in total. The van der Waals surface area contributed by atoms with Crippen LogP contribution in [0.2, 0.25) is 0 Å². The molecular weight excluding hydrogens is 262 g/mol. The number of para-hydroxylation sites is 1. The van der Waals surface area contributed by atoms with Gasteiger partial charge in [-0.25, -0.2) is 0 Å². The second-order valence-electron chi connectivity index (χ2n) is 5.72. The van der Waals surface area contributed by atoms with E-state index < -0.39 is 0 Å². The van der Waals surface area contributed by atoms with Crippen molar-refractivity contribution in [3.05, 3.63) is 59.7 Å². The van der Waals surface area contributed by atoms with Crippen molar-refractivity contribution in [2.75, 3.05) is 0 Å². The van der Waals surface area contributed by atoms with Crippen molar-refractivity contribution in [3.63, 3.8) is 0 Å². The van der Waals surface area contributed by atoms with Crippen LogP contribution in [-0.2, 0) is 5.41 Å². The fourth-order valence-electron chi connectivity index (χ4n) is 2.57. The summed E-state index contributed by atoms with van der Waals surface area (Å²) in [5, 5.41) is 18.8. The van der Waals surface area contributed by atoms with Crippen LogP contribution in [0.4, 0.5) is 5.69 Å². The molecule has 0 unspecified atom stereocenters. The zero-order valence-corrected chi connectivity index (χ0v) is 12.0. The van der Waals surface area contributed by atoms with E-state index in [4.69, 9.17) is 0 Å². The van der Waals surface area contributed by atoms with E-state index in [-0.39, 0.29) is 16.9 Å². The monoisotopic (exact) mass is 279 g/mol. The van der Waals surface area contributed by atoms with Gasteiger partial charge in [-0.3, -0.25) is 4.99 Å². The van der Waals surface area contributed by atoms with E-state index in [9.17, 15) is 10.2 Å². The Morgan fingerprint density at radius 3 is 2.43 bits per heavy atom. The molecule has 3 rings (SSSR count). The van der Waals surface area contributed by atoms with Crippen LogP contribution in [0.1, 0.15) is 25.0 Å². The summed E-state index contributed by atoms with van der Waals surface area (Å²) in [7, 11) is 0. The zero-order chi connectivity index (χ0) is 15.0. The smallest absolute Gasteiger partial charge is 0.157 e. The molecule has 0 saturated heterocycles.